The third-order valence-corrected chi connectivity index (χ3v) is 2.94. The van der Waals surface area contributed by atoms with E-state index in [1.54, 1.807) is 0 Å². The van der Waals surface area contributed by atoms with Gasteiger partial charge in [-0.05, 0) is 35.9 Å². The van der Waals surface area contributed by atoms with Crippen LogP contribution in [0.1, 0.15) is 15.9 Å². The van der Waals surface area contributed by atoms with Gasteiger partial charge in [0, 0.05) is 6.42 Å². The highest BCUT2D eigenvalue weighted by Gasteiger charge is 2.13. The molecular weight excluding hydrogens is 271 g/mol. The van der Waals surface area contributed by atoms with Crippen LogP contribution in [0.5, 0.6) is 11.5 Å². The molecule has 2 aromatic carbocycles. The molecule has 0 aliphatic heterocycles. The lowest BCUT2D eigenvalue weighted by Crippen LogP contribution is -2.04. The van der Waals surface area contributed by atoms with Gasteiger partial charge in [0.2, 0.25) is 0 Å². The van der Waals surface area contributed by atoms with Crippen molar-refractivity contribution < 1.29 is 19.4 Å². The molecule has 0 saturated carbocycles. The molecule has 5 heteroatoms. The second kappa shape index (κ2) is 5.28. The van der Waals surface area contributed by atoms with Crippen molar-refractivity contribution in [3.63, 3.8) is 0 Å². The molecule has 0 radical (unpaired) electrons. The number of benzene rings is 2. The molecule has 0 aliphatic carbocycles. The van der Waals surface area contributed by atoms with E-state index in [4.69, 9.17) is 11.6 Å². The lowest BCUT2D eigenvalue weighted by molar-refractivity contribution is 0.0990. The molecular formula is C14H10ClFO3. The molecule has 2 rings (SSSR count). The Bertz CT molecular complexity index is 641. The van der Waals surface area contributed by atoms with Crippen LogP contribution >= 0.6 is 11.6 Å². The second-order valence-corrected chi connectivity index (χ2v) is 4.46. The van der Waals surface area contributed by atoms with E-state index in [1.807, 2.05) is 0 Å². The minimum Gasteiger partial charge on any atom is -0.508 e. The molecule has 98 valence electrons. The highest BCUT2D eigenvalue weighted by Crippen LogP contribution is 2.24. The third-order valence-electron chi connectivity index (χ3n) is 2.63. The van der Waals surface area contributed by atoms with Crippen molar-refractivity contribution in [3.8, 4) is 11.5 Å². The molecule has 0 bridgehead atoms. The SMILES string of the molecule is O=C(Cc1ccc(Cl)c(F)c1)c1cc(O)ccc1O. The Hall–Kier alpha value is -2.07. The molecule has 0 aliphatic rings. The van der Waals surface area contributed by atoms with Crippen LogP contribution in [-0.2, 0) is 6.42 Å². The molecule has 0 saturated heterocycles. The van der Waals surface area contributed by atoms with E-state index in [2.05, 4.69) is 0 Å². The fraction of sp³-hybridized carbons (Fsp3) is 0.0714. The van der Waals surface area contributed by atoms with Gasteiger partial charge in [-0.15, -0.1) is 0 Å². The van der Waals surface area contributed by atoms with E-state index in [9.17, 15) is 19.4 Å². The van der Waals surface area contributed by atoms with Crippen LogP contribution in [-0.4, -0.2) is 16.0 Å². The van der Waals surface area contributed by atoms with E-state index in [0.717, 1.165) is 0 Å². The van der Waals surface area contributed by atoms with Crippen molar-refractivity contribution >= 4 is 17.4 Å². The monoisotopic (exact) mass is 280 g/mol. The summed E-state index contributed by atoms with van der Waals surface area (Å²) in [6, 6.07) is 7.73. The lowest BCUT2D eigenvalue weighted by atomic mass is 10.0. The number of halogens is 2. The van der Waals surface area contributed by atoms with Gasteiger partial charge in [0.15, 0.2) is 5.78 Å². The fourth-order valence-electron chi connectivity index (χ4n) is 1.68. The Labute approximate surface area is 113 Å². The maximum atomic E-state index is 13.2. The third kappa shape index (κ3) is 3.03. The van der Waals surface area contributed by atoms with Crippen molar-refractivity contribution in [2.24, 2.45) is 0 Å². The van der Waals surface area contributed by atoms with Crippen LogP contribution in [0.2, 0.25) is 5.02 Å². The molecule has 0 fully saturated rings. The maximum Gasteiger partial charge on any atom is 0.171 e. The topological polar surface area (TPSA) is 57.5 Å². The molecule has 0 atom stereocenters. The Balaban J connectivity index is 2.25. The van der Waals surface area contributed by atoms with E-state index in [1.165, 1.54) is 36.4 Å². The lowest BCUT2D eigenvalue weighted by Gasteiger charge is -2.05. The summed E-state index contributed by atoms with van der Waals surface area (Å²) in [6.45, 7) is 0. The second-order valence-electron chi connectivity index (χ2n) is 4.05. The number of aromatic hydroxyl groups is 2. The first-order valence-corrected chi connectivity index (χ1v) is 5.84. The molecule has 0 amide bonds. The van der Waals surface area contributed by atoms with Gasteiger partial charge in [0.05, 0.1) is 10.6 Å². The van der Waals surface area contributed by atoms with Crippen molar-refractivity contribution in [3.05, 3.63) is 58.4 Å². The summed E-state index contributed by atoms with van der Waals surface area (Å²) < 4.78 is 13.2. The van der Waals surface area contributed by atoms with E-state index in [0.29, 0.717) is 5.56 Å². The minimum absolute atomic E-state index is 0.00430. The van der Waals surface area contributed by atoms with Crippen molar-refractivity contribution in [1.29, 1.82) is 0 Å². The summed E-state index contributed by atoms with van der Waals surface area (Å²) in [5, 5.41) is 18.8. The predicted octanol–water partition coefficient (Wildman–Crippen LogP) is 3.32. The average Bonchev–Trinajstić information content (AvgIpc) is 2.36. The van der Waals surface area contributed by atoms with E-state index < -0.39 is 11.6 Å². The smallest absolute Gasteiger partial charge is 0.171 e. The highest BCUT2D eigenvalue weighted by molar-refractivity contribution is 6.30. The summed E-state index contributed by atoms with van der Waals surface area (Å²) >= 11 is 5.55. The number of Topliss-reactive ketones (excluding diaryl/α,β-unsaturated/α-hetero) is 1. The fourth-order valence-corrected chi connectivity index (χ4v) is 1.80. The number of hydrogen-bond acceptors (Lipinski definition) is 3. The van der Waals surface area contributed by atoms with E-state index in [-0.39, 0.29) is 28.5 Å². The van der Waals surface area contributed by atoms with Gasteiger partial charge in [-0.2, -0.15) is 0 Å². The summed E-state index contributed by atoms with van der Waals surface area (Å²) in [5.74, 6) is -1.37. The highest BCUT2D eigenvalue weighted by atomic mass is 35.5. The number of phenols is 2. The van der Waals surface area contributed by atoms with Crippen LogP contribution in [0.15, 0.2) is 36.4 Å². The number of carbonyl (C=O) groups is 1. The molecule has 2 aromatic rings. The zero-order valence-corrected chi connectivity index (χ0v) is 10.5. The van der Waals surface area contributed by atoms with Crippen molar-refractivity contribution in [1.82, 2.24) is 0 Å². The largest absolute Gasteiger partial charge is 0.508 e. The van der Waals surface area contributed by atoms with Gasteiger partial charge in [-0.1, -0.05) is 17.7 Å². The predicted molar refractivity (Wildman–Crippen MR) is 69.2 cm³/mol. The molecule has 0 spiro atoms. The van der Waals surface area contributed by atoms with Gasteiger partial charge in [0.25, 0.3) is 0 Å². The Morgan fingerprint density at radius 3 is 2.58 bits per heavy atom. The van der Waals surface area contributed by atoms with Gasteiger partial charge < -0.3 is 10.2 Å². The van der Waals surface area contributed by atoms with Crippen LogP contribution in [0.3, 0.4) is 0 Å². The first kappa shape index (κ1) is 13.4. The summed E-state index contributed by atoms with van der Waals surface area (Å²) in [4.78, 5) is 12.0. The summed E-state index contributed by atoms with van der Waals surface area (Å²) in [5.41, 5.74) is 0.435. The Kier molecular flexibility index (Phi) is 3.71. The first-order chi connectivity index (χ1) is 8.97. The Morgan fingerprint density at radius 1 is 1.16 bits per heavy atom. The molecule has 3 nitrogen and oxygen atoms in total. The van der Waals surface area contributed by atoms with Crippen molar-refractivity contribution in [2.45, 2.75) is 6.42 Å². The number of phenolic OH excluding ortho intramolecular Hbond substituents is 2. The Morgan fingerprint density at radius 2 is 1.89 bits per heavy atom. The zero-order valence-electron chi connectivity index (χ0n) is 9.73. The minimum atomic E-state index is -0.605. The number of rotatable bonds is 3. The number of carbonyl (C=O) groups excluding carboxylic acids is 1. The maximum absolute atomic E-state index is 13.2. The molecule has 2 N–H and O–H groups in total. The van der Waals surface area contributed by atoms with Crippen LogP contribution < -0.4 is 0 Å². The van der Waals surface area contributed by atoms with Crippen LogP contribution in [0.25, 0.3) is 0 Å². The zero-order chi connectivity index (χ0) is 14.0. The quantitative estimate of drug-likeness (QED) is 0.670. The van der Waals surface area contributed by atoms with Crippen LogP contribution in [0.4, 0.5) is 4.39 Å². The first-order valence-electron chi connectivity index (χ1n) is 5.46. The standard InChI is InChI=1S/C14H10ClFO3/c15-11-3-1-8(5-12(11)16)6-14(19)10-7-9(17)2-4-13(10)18/h1-5,7,17-18H,6H2. The number of ketones is 1. The normalized spacial score (nSPS) is 10.4. The van der Waals surface area contributed by atoms with Gasteiger partial charge in [0.1, 0.15) is 17.3 Å². The average molecular weight is 281 g/mol. The molecule has 0 aromatic heterocycles. The van der Waals surface area contributed by atoms with Gasteiger partial charge in [-0.3, -0.25) is 4.79 Å². The summed E-state index contributed by atoms with van der Waals surface area (Å²) in [7, 11) is 0. The molecule has 0 heterocycles. The van der Waals surface area contributed by atoms with Gasteiger partial charge >= 0.3 is 0 Å². The summed E-state index contributed by atoms with van der Waals surface area (Å²) in [6.07, 6.45) is -0.0922. The van der Waals surface area contributed by atoms with E-state index >= 15 is 0 Å². The van der Waals surface area contributed by atoms with Gasteiger partial charge in [-0.25, -0.2) is 4.39 Å². The number of hydrogen-bond donors (Lipinski definition) is 2. The molecule has 0 unspecified atom stereocenters. The van der Waals surface area contributed by atoms with Crippen molar-refractivity contribution in [2.75, 3.05) is 0 Å². The molecule has 19 heavy (non-hydrogen) atoms. The van der Waals surface area contributed by atoms with Crippen LogP contribution in [0, 0.1) is 5.82 Å².